The molecule has 1 amide bonds. The van der Waals surface area contributed by atoms with E-state index >= 15 is 0 Å². The molecule has 2 heterocycles. The van der Waals surface area contributed by atoms with Crippen molar-refractivity contribution in [3.8, 4) is 5.75 Å². The van der Waals surface area contributed by atoms with Gasteiger partial charge in [-0.05, 0) is 23.8 Å². The van der Waals surface area contributed by atoms with Crippen molar-refractivity contribution in [2.45, 2.75) is 32.3 Å². The lowest BCUT2D eigenvalue weighted by molar-refractivity contribution is -0.122. The van der Waals surface area contributed by atoms with Gasteiger partial charge in [-0.3, -0.25) is 10.1 Å². The summed E-state index contributed by atoms with van der Waals surface area (Å²) in [5.74, 6) is 0.788. The van der Waals surface area contributed by atoms with Gasteiger partial charge in [0.2, 0.25) is 5.13 Å². The van der Waals surface area contributed by atoms with Gasteiger partial charge in [0.25, 0.3) is 5.91 Å². The third-order valence-electron chi connectivity index (χ3n) is 3.15. The second-order valence-corrected chi connectivity index (χ2v) is 6.60. The van der Waals surface area contributed by atoms with E-state index in [0.717, 1.165) is 10.6 Å². The van der Waals surface area contributed by atoms with E-state index in [1.54, 1.807) is 12.1 Å². The van der Waals surface area contributed by atoms with Gasteiger partial charge in [-0.15, -0.1) is 10.2 Å². The van der Waals surface area contributed by atoms with Crippen molar-refractivity contribution in [3.05, 3.63) is 33.8 Å². The van der Waals surface area contributed by atoms with Crippen molar-refractivity contribution in [2.75, 3.05) is 5.32 Å². The lowest BCUT2D eigenvalue weighted by atomic mass is 10.1. The van der Waals surface area contributed by atoms with E-state index in [1.807, 2.05) is 19.9 Å². The largest absolute Gasteiger partial charge is 0.480 e. The van der Waals surface area contributed by atoms with Gasteiger partial charge in [0.15, 0.2) is 6.10 Å². The molecule has 1 aromatic carbocycles. The van der Waals surface area contributed by atoms with Crippen LogP contribution in [0.25, 0.3) is 0 Å². The zero-order chi connectivity index (χ0) is 15.0. The maximum atomic E-state index is 12.2. The van der Waals surface area contributed by atoms with Crippen LogP contribution in [0.15, 0.2) is 18.2 Å². The summed E-state index contributed by atoms with van der Waals surface area (Å²) < 4.78 is 5.64. The number of carbonyl (C=O) groups is 1. The minimum absolute atomic E-state index is 0.214. The Hall–Kier alpha value is -1.66. The second-order valence-electron chi connectivity index (χ2n) is 5.15. The van der Waals surface area contributed by atoms with Crippen LogP contribution in [0.3, 0.4) is 0 Å². The third-order valence-corrected chi connectivity index (χ3v) is 4.53. The summed E-state index contributed by atoms with van der Waals surface area (Å²) in [6.45, 7) is 4.07. The van der Waals surface area contributed by atoms with Crippen LogP contribution < -0.4 is 10.1 Å². The Labute approximate surface area is 131 Å². The Morgan fingerprint density at radius 2 is 2.29 bits per heavy atom. The van der Waals surface area contributed by atoms with Gasteiger partial charge in [-0.2, -0.15) is 0 Å². The first kappa shape index (κ1) is 14.3. The summed E-state index contributed by atoms with van der Waals surface area (Å²) in [7, 11) is 0. The number of nitrogens with one attached hydrogen (secondary N) is 1. The van der Waals surface area contributed by atoms with Crippen LogP contribution in [0.4, 0.5) is 5.13 Å². The van der Waals surface area contributed by atoms with Crippen molar-refractivity contribution in [2.24, 2.45) is 0 Å². The van der Waals surface area contributed by atoms with Gasteiger partial charge in [0, 0.05) is 17.4 Å². The molecule has 3 rings (SSSR count). The molecule has 2 aromatic rings. The van der Waals surface area contributed by atoms with Gasteiger partial charge in [0.05, 0.1) is 0 Å². The Bertz CT molecular complexity index is 687. The van der Waals surface area contributed by atoms with E-state index in [0.29, 0.717) is 28.2 Å². The van der Waals surface area contributed by atoms with E-state index in [2.05, 4.69) is 15.5 Å². The number of fused-ring (bicyclic) bond motifs is 1. The normalized spacial score (nSPS) is 16.7. The molecule has 0 spiro atoms. The monoisotopic (exact) mass is 323 g/mol. The molecule has 0 saturated carbocycles. The van der Waals surface area contributed by atoms with Gasteiger partial charge < -0.3 is 4.74 Å². The molecule has 5 nitrogen and oxygen atoms in total. The molecule has 1 aliphatic heterocycles. The average Bonchev–Trinajstić information content (AvgIpc) is 3.04. The molecule has 0 aliphatic carbocycles. The van der Waals surface area contributed by atoms with E-state index in [1.165, 1.54) is 11.3 Å². The zero-order valence-electron chi connectivity index (χ0n) is 11.6. The Kier molecular flexibility index (Phi) is 3.82. The number of ether oxygens (including phenoxy) is 1. The van der Waals surface area contributed by atoms with Crippen LogP contribution in [0.1, 0.15) is 30.3 Å². The number of hydrogen-bond acceptors (Lipinski definition) is 5. The standard InChI is InChI=1S/C14H14ClN3O2S/c1-7(2)13-17-18-14(21-13)16-12(19)11-6-8-5-9(15)3-4-10(8)20-11/h3-5,7,11H,6H2,1-2H3,(H,16,18,19). The predicted molar refractivity (Wildman–Crippen MR) is 82.2 cm³/mol. The van der Waals surface area contributed by atoms with Gasteiger partial charge in [-0.25, -0.2) is 0 Å². The van der Waals surface area contributed by atoms with Crippen LogP contribution >= 0.6 is 22.9 Å². The molecule has 7 heteroatoms. The molecular formula is C14H14ClN3O2S. The first-order valence-electron chi connectivity index (χ1n) is 6.62. The molecule has 0 radical (unpaired) electrons. The first-order chi connectivity index (χ1) is 10.0. The lowest BCUT2D eigenvalue weighted by Crippen LogP contribution is -2.31. The maximum Gasteiger partial charge on any atom is 0.267 e. The fourth-order valence-electron chi connectivity index (χ4n) is 2.07. The maximum absolute atomic E-state index is 12.2. The van der Waals surface area contributed by atoms with E-state index in [-0.39, 0.29) is 5.91 Å². The van der Waals surface area contributed by atoms with Crippen molar-refractivity contribution in [3.63, 3.8) is 0 Å². The van der Waals surface area contributed by atoms with Crippen LogP contribution in [0, 0.1) is 0 Å². The highest BCUT2D eigenvalue weighted by Crippen LogP contribution is 2.31. The summed E-state index contributed by atoms with van der Waals surface area (Å²) >= 11 is 7.32. The summed E-state index contributed by atoms with van der Waals surface area (Å²) in [6, 6.07) is 5.36. The van der Waals surface area contributed by atoms with E-state index < -0.39 is 6.10 Å². The summed E-state index contributed by atoms with van der Waals surface area (Å²) in [5.41, 5.74) is 0.947. The molecule has 1 aromatic heterocycles. The number of benzene rings is 1. The quantitative estimate of drug-likeness (QED) is 0.941. The highest BCUT2D eigenvalue weighted by molar-refractivity contribution is 7.15. The minimum Gasteiger partial charge on any atom is -0.480 e. The Morgan fingerprint density at radius 1 is 1.48 bits per heavy atom. The number of nitrogens with zero attached hydrogens (tertiary/aromatic N) is 2. The van der Waals surface area contributed by atoms with Crippen molar-refractivity contribution >= 4 is 34.0 Å². The van der Waals surface area contributed by atoms with Crippen molar-refractivity contribution < 1.29 is 9.53 Å². The van der Waals surface area contributed by atoms with Gasteiger partial charge >= 0.3 is 0 Å². The van der Waals surface area contributed by atoms with E-state index in [9.17, 15) is 4.79 Å². The predicted octanol–water partition coefficient (Wildman–Crippen LogP) is 3.26. The van der Waals surface area contributed by atoms with E-state index in [4.69, 9.17) is 16.3 Å². The summed E-state index contributed by atoms with van der Waals surface area (Å²) in [5, 5.41) is 12.8. The third kappa shape index (κ3) is 3.01. The van der Waals surface area contributed by atoms with Crippen LogP contribution in [0.5, 0.6) is 5.75 Å². The molecule has 1 unspecified atom stereocenters. The molecule has 110 valence electrons. The number of hydrogen-bond donors (Lipinski definition) is 1. The molecule has 21 heavy (non-hydrogen) atoms. The molecule has 0 saturated heterocycles. The number of aromatic nitrogens is 2. The van der Waals surface area contributed by atoms with Crippen LogP contribution in [-0.4, -0.2) is 22.2 Å². The topological polar surface area (TPSA) is 64.1 Å². The molecule has 0 bridgehead atoms. The Balaban J connectivity index is 1.67. The molecular weight excluding hydrogens is 310 g/mol. The van der Waals surface area contributed by atoms with Crippen LogP contribution in [-0.2, 0) is 11.2 Å². The summed E-state index contributed by atoms with van der Waals surface area (Å²) in [6.07, 6.45) is -0.0396. The number of halogens is 1. The molecule has 1 atom stereocenters. The number of anilines is 1. The minimum atomic E-state index is -0.551. The molecule has 1 aliphatic rings. The SMILES string of the molecule is CC(C)c1nnc(NC(=O)C2Cc3cc(Cl)ccc3O2)s1. The first-order valence-corrected chi connectivity index (χ1v) is 7.81. The average molecular weight is 324 g/mol. The number of carbonyl (C=O) groups excluding carboxylic acids is 1. The second kappa shape index (κ2) is 5.61. The molecule has 1 N–H and O–H groups in total. The van der Waals surface area contributed by atoms with Crippen molar-refractivity contribution in [1.82, 2.24) is 10.2 Å². The number of amides is 1. The zero-order valence-corrected chi connectivity index (χ0v) is 13.2. The fourth-order valence-corrected chi connectivity index (χ4v) is 3.01. The van der Waals surface area contributed by atoms with Gasteiger partial charge in [0.1, 0.15) is 10.8 Å². The highest BCUT2D eigenvalue weighted by Gasteiger charge is 2.29. The van der Waals surface area contributed by atoms with Gasteiger partial charge in [-0.1, -0.05) is 36.8 Å². The van der Waals surface area contributed by atoms with Crippen LogP contribution in [0.2, 0.25) is 5.02 Å². The lowest BCUT2D eigenvalue weighted by Gasteiger charge is -2.08. The highest BCUT2D eigenvalue weighted by atomic mass is 35.5. The summed E-state index contributed by atoms with van der Waals surface area (Å²) in [4.78, 5) is 12.2. The van der Waals surface area contributed by atoms with Crippen molar-refractivity contribution in [1.29, 1.82) is 0 Å². The smallest absolute Gasteiger partial charge is 0.267 e. The fraction of sp³-hybridized carbons (Fsp3) is 0.357. The number of rotatable bonds is 3. The molecule has 0 fully saturated rings. The Morgan fingerprint density at radius 3 is 3.00 bits per heavy atom.